The van der Waals surface area contributed by atoms with Crippen LogP contribution in [-0.2, 0) is 0 Å². The van der Waals surface area contributed by atoms with Crippen LogP contribution in [0.1, 0.15) is 20.9 Å². The van der Waals surface area contributed by atoms with Crippen LogP contribution in [0.3, 0.4) is 0 Å². The van der Waals surface area contributed by atoms with Gasteiger partial charge in [0.25, 0.3) is 11.8 Å². The van der Waals surface area contributed by atoms with E-state index in [4.69, 9.17) is 44.6 Å². The van der Waals surface area contributed by atoms with Gasteiger partial charge in [-0.15, -0.1) is 0 Å². The summed E-state index contributed by atoms with van der Waals surface area (Å²) in [6, 6.07) is 18.7. The molecule has 7 nitrogen and oxygen atoms in total. The van der Waals surface area contributed by atoms with Crippen molar-refractivity contribution in [2.24, 2.45) is 0 Å². The molecule has 2 amide bonds. The van der Waals surface area contributed by atoms with Crippen molar-refractivity contribution in [1.82, 2.24) is 5.32 Å². The molecule has 0 fully saturated rings. The highest BCUT2D eigenvalue weighted by molar-refractivity contribution is 7.80. The van der Waals surface area contributed by atoms with Gasteiger partial charge in [-0.25, -0.2) is 0 Å². The van der Waals surface area contributed by atoms with Crippen molar-refractivity contribution < 1.29 is 18.7 Å². The molecule has 0 spiro atoms. The Labute approximate surface area is 210 Å². The zero-order valence-corrected chi connectivity index (χ0v) is 20.0. The van der Waals surface area contributed by atoms with Gasteiger partial charge in [-0.2, -0.15) is 0 Å². The number of para-hydroxylation sites is 1. The maximum Gasteiger partial charge on any atom is 0.291 e. The minimum Gasteiger partial charge on any atom is -0.494 e. The smallest absolute Gasteiger partial charge is 0.291 e. The van der Waals surface area contributed by atoms with Gasteiger partial charge in [0.05, 0.1) is 17.7 Å². The summed E-state index contributed by atoms with van der Waals surface area (Å²) >= 11 is 17.3. The highest BCUT2D eigenvalue weighted by Gasteiger charge is 2.18. The van der Waals surface area contributed by atoms with E-state index >= 15 is 0 Å². The molecule has 10 heteroatoms. The van der Waals surface area contributed by atoms with E-state index in [-0.39, 0.29) is 38.1 Å². The Kier molecular flexibility index (Phi) is 7.02. The van der Waals surface area contributed by atoms with Crippen LogP contribution in [0.15, 0.2) is 71.1 Å². The molecule has 0 saturated carbocycles. The summed E-state index contributed by atoms with van der Waals surface area (Å²) < 4.78 is 10.8. The van der Waals surface area contributed by atoms with Gasteiger partial charge in [-0.1, -0.05) is 41.4 Å². The number of halogens is 2. The van der Waals surface area contributed by atoms with Crippen LogP contribution in [-0.4, -0.2) is 24.0 Å². The predicted molar refractivity (Wildman–Crippen MR) is 137 cm³/mol. The lowest BCUT2D eigenvalue weighted by Gasteiger charge is -2.13. The third-order valence-corrected chi connectivity index (χ3v) is 5.44. The molecule has 172 valence electrons. The number of furan rings is 1. The Bertz CT molecular complexity index is 1370. The minimum atomic E-state index is -0.534. The second-order valence-corrected chi connectivity index (χ2v) is 8.31. The SMILES string of the molecule is COc1c(Cl)cc(Cl)cc1C(=O)NC(=S)Nc1ccc(NC(=O)c2cc3ccccc3o2)cc1. The van der Waals surface area contributed by atoms with Crippen molar-refractivity contribution in [1.29, 1.82) is 0 Å². The summed E-state index contributed by atoms with van der Waals surface area (Å²) in [6.07, 6.45) is 0. The van der Waals surface area contributed by atoms with E-state index in [2.05, 4.69) is 16.0 Å². The molecule has 3 N–H and O–H groups in total. The first kappa shape index (κ1) is 23.6. The van der Waals surface area contributed by atoms with Crippen molar-refractivity contribution in [3.05, 3.63) is 88.1 Å². The molecule has 0 unspecified atom stereocenters. The number of hydrogen-bond acceptors (Lipinski definition) is 5. The number of carbonyl (C=O) groups is 2. The zero-order valence-electron chi connectivity index (χ0n) is 17.6. The lowest BCUT2D eigenvalue weighted by atomic mass is 10.2. The van der Waals surface area contributed by atoms with Crippen LogP contribution in [0.25, 0.3) is 11.0 Å². The van der Waals surface area contributed by atoms with E-state index in [0.717, 1.165) is 5.39 Å². The Morgan fingerprint density at radius 3 is 2.26 bits per heavy atom. The van der Waals surface area contributed by atoms with Crippen molar-refractivity contribution in [3.8, 4) is 5.75 Å². The number of carbonyl (C=O) groups excluding carboxylic acids is 2. The first-order chi connectivity index (χ1) is 16.3. The number of thiocarbonyl (C=S) groups is 1. The molecule has 0 aliphatic heterocycles. The average Bonchev–Trinajstić information content (AvgIpc) is 3.24. The Hall–Kier alpha value is -3.59. The quantitative estimate of drug-likeness (QED) is 0.278. The first-order valence-corrected chi connectivity index (χ1v) is 11.1. The second kappa shape index (κ2) is 10.1. The Balaban J connectivity index is 1.37. The molecule has 4 aromatic rings. The summed E-state index contributed by atoms with van der Waals surface area (Å²) in [6.45, 7) is 0. The molecule has 0 aliphatic rings. The molecule has 0 aliphatic carbocycles. The number of hydrogen-bond donors (Lipinski definition) is 3. The van der Waals surface area contributed by atoms with Gasteiger partial charge in [-0.3, -0.25) is 14.9 Å². The van der Waals surface area contributed by atoms with E-state index in [1.165, 1.54) is 19.2 Å². The molecule has 0 radical (unpaired) electrons. The molecule has 1 heterocycles. The maximum absolute atomic E-state index is 12.6. The second-order valence-electron chi connectivity index (χ2n) is 7.06. The van der Waals surface area contributed by atoms with E-state index in [1.54, 1.807) is 36.4 Å². The first-order valence-electron chi connectivity index (χ1n) is 9.89. The average molecular weight is 514 g/mol. The largest absolute Gasteiger partial charge is 0.494 e. The fourth-order valence-electron chi connectivity index (χ4n) is 3.19. The standard InChI is InChI=1S/C24H17Cl2N3O4S/c1-32-21-17(11-14(25)12-18(21)26)22(30)29-24(34)28-16-8-6-15(7-9-16)27-23(31)20-10-13-4-2-3-5-19(13)33-20/h2-12H,1H3,(H,27,31)(H2,28,29,30,34). The van der Waals surface area contributed by atoms with Gasteiger partial charge in [0, 0.05) is 21.8 Å². The number of ether oxygens (including phenoxy) is 1. The number of fused-ring (bicyclic) bond motifs is 1. The molecule has 0 bridgehead atoms. The van der Waals surface area contributed by atoms with Crippen molar-refractivity contribution in [3.63, 3.8) is 0 Å². The van der Waals surface area contributed by atoms with E-state index in [0.29, 0.717) is 17.0 Å². The Morgan fingerprint density at radius 1 is 0.912 bits per heavy atom. The van der Waals surface area contributed by atoms with Crippen molar-refractivity contribution >= 4 is 74.7 Å². The maximum atomic E-state index is 12.6. The summed E-state index contributed by atoms with van der Waals surface area (Å²) in [5.41, 5.74) is 1.95. The van der Waals surface area contributed by atoms with E-state index in [9.17, 15) is 9.59 Å². The number of rotatable bonds is 5. The van der Waals surface area contributed by atoms with Crippen LogP contribution >= 0.6 is 35.4 Å². The van der Waals surface area contributed by atoms with Crippen LogP contribution in [0.2, 0.25) is 10.0 Å². The van der Waals surface area contributed by atoms with Gasteiger partial charge in [-0.05, 0) is 60.7 Å². The summed E-state index contributed by atoms with van der Waals surface area (Å²) in [4.78, 5) is 25.1. The molecular weight excluding hydrogens is 497 g/mol. The normalized spacial score (nSPS) is 10.6. The van der Waals surface area contributed by atoms with Gasteiger partial charge in [0.1, 0.15) is 11.3 Å². The highest BCUT2D eigenvalue weighted by atomic mass is 35.5. The molecule has 3 aromatic carbocycles. The van der Waals surface area contributed by atoms with Crippen molar-refractivity contribution in [2.75, 3.05) is 17.7 Å². The fourth-order valence-corrected chi connectivity index (χ4v) is 3.97. The van der Waals surface area contributed by atoms with Crippen LogP contribution in [0.4, 0.5) is 11.4 Å². The van der Waals surface area contributed by atoms with Gasteiger partial charge in [0.2, 0.25) is 0 Å². The van der Waals surface area contributed by atoms with Gasteiger partial charge in [0.15, 0.2) is 10.9 Å². The predicted octanol–water partition coefficient (Wildman–Crippen LogP) is 6.13. The van der Waals surface area contributed by atoms with Crippen LogP contribution < -0.4 is 20.7 Å². The number of amides is 2. The molecule has 4 rings (SSSR count). The van der Waals surface area contributed by atoms with Gasteiger partial charge < -0.3 is 19.8 Å². The van der Waals surface area contributed by atoms with Crippen LogP contribution in [0, 0.1) is 0 Å². The fraction of sp³-hybridized carbons (Fsp3) is 0.0417. The lowest BCUT2D eigenvalue weighted by Crippen LogP contribution is -2.34. The number of methoxy groups -OCH3 is 1. The molecular formula is C24H17Cl2N3O4S. The molecule has 0 atom stereocenters. The minimum absolute atomic E-state index is 0.0576. The third-order valence-electron chi connectivity index (χ3n) is 4.73. The van der Waals surface area contributed by atoms with E-state index < -0.39 is 5.91 Å². The van der Waals surface area contributed by atoms with E-state index in [1.807, 2.05) is 18.2 Å². The Morgan fingerprint density at radius 2 is 1.59 bits per heavy atom. The van der Waals surface area contributed by atoms with Crippen molar-refractivity contribution in [2.45, 2.75) is 0 Å². The zero-order chi connectivity index (χ0) is 24.2. The lowest BCUT2D eigenvalue weighted by molar-refractivity contribution is 0.0972. The number of anilines is 2. The number of benzene rings is 3. The topological polar surface area (TPSA) is 92.6 Å². The monoisotopic (exact) mass is 513 g/mol. The third kappa shape index (κ3) is 5.31. The molecule has 34 heavy (non-hydrogen) atoms. The summed E-state index contributed by atoms with van der Waals surface area (Å²) in [5.74, 6) is -0.498. The number of nitrogens with one attached hydrogen (secondary N) is 3. The molecule has 0 saturated heterocycles. The summed E-state index contributed by atoms with van der Waals surface area (Å²) in [7, 11) is 1.40. The van der Waals surface area contributed by atoms with Gasteiger partial charge >= 0.3 is 0 Å². The van der Waals surface area contributed by atoms with Crippen LogP contribution in [0.5, 0.6) is 5.75 Å². The highest BCUT2D eigenvalue weighted by Crippen LogP contribution is 2.32. The summed E-state index contributed by atoms with van der Waals surface area (Å²) in [5, 5.41) is 9.63. The molecule has 1 aromatic heterocycles.